The zero-order valence-corrected chi connectivity index (χ0v) is 7.42. The molecule has 2 heteroatoms. The number of hydrogen-bond acceptors (Lipinski definition) is 2. The third-order valence-electron chi connectivity index (χ3n) is 1.70. The lowest BCUT2D eigenvalue weighted by Crippen LogP contribution is -2.12. The Morgan fingerprint density at radius 3 is 2.73 bits per heavy atom. The van der Waals surface area contributed by atoms with Gasteiger partial charge in [0, 0.05) is 13.7 Å². The van der Waals surface area contributed by atoms with Crippen LogP contribution in [-0.2, 0) is 4.74 Å². The Kier molecular flexibility index (Phi) is 6.18. The predicted octanol–water partition coefficient (Wildman–Crippen LogP) is 1.60. The van der Waals surface area contributed by atoms with Crippen molar-refractivity contribution in [1.82, 2.24) is 0 Å². The fourth-order valence-electron chi connectivity index (χ4n) is 0.897. The highest BCUT2D eigenvalue weighted by Gasteiger charge is 2.06. The molecule has 0 aromatic carbocycles. The molecule has 0 saturated heterocycles. The van der Waals surface area contributed by atoms with Crippen LogP contribution < -0.4 is 0 Å². The highest BCUT2D eigenvalue weighted by atomic mass is 16.5. The molecule has 0 unspecified atom stereocenters. The van der Waals surface area contributed by atoms with E-state index < -0.39 is 0 Å². The lowest BCUT2D eigenvalue weighted by atomic mass is 10.0. The SMILES string of the molecule is C=C[C@H](C)C[C@@H](O)CCOC. The van der Waals surface area contributed by atoms with E-state index in [4.69, 9.17) is 4.74 Å². The molecule has 1 N–H and O–H groups in total. The summed E-state index contributed by atoms with van der Waals surface area (Å²) in [5.41, 5.74) is 0. The van der Waals surface area contributed by atoms with Crippen molar-refractivity contribution in [2.75, 3.05) is 13.7 Å². The predicted molar refractivity (Wildman–Crippen MR) is 46.5 cm³/mol. The van der Waals surface area contributed by atoms with Crippen LogP contribution in [0, 0.1) is 5.92 Å². The van der Waals surface area contributed by atoms with Crippen LogP contribution in [0.25, 0.3) is 0 Å². The molecule has 0 heterocycles. The number of rotatable bonds is 6. The van der Waals surface area contributed by atoms with Gasteiger partial charge in [-0.3, -0.25) is 0 Å². The van der Waals surface area contributed by atoms with Crippen molar-refractivity contribution in [2.45, 2.75) is 25.9 Å². The number of hydrogen-bond donors (Lipinski definition) is 1. The number of ether oxygens (including phenoxy) is 1. The molecule has 0 fully saturated rings. The summed E-state index contributed by atoms with van der Waals surface area (Å²) in [6.45, 7) is 6.33. The molecule has 0 aliphatic heterocycles. The molecular weight excluding hydrogens is 140 g/mol. The van der Waals surface area contributed by atoms with Crippen molar-refractivity contribution in [3.8, 4) is 0 Å². The van der Waals surface area contributed by atoms with Crippen molar-refractivity contribution in [2.24, 2.45) is 5.92 Å². The molecule has 0 aliphatic carbocycles. The first-order valence-corrected chi connectivity index (χ1v) is 4.00. The average molecular weight is 158 g/mol. The summed E-state index contributed by atoms with van der Waals surface area (Å²) >= 11 is 0. The van der Waals surface area contributed by atoms with Crippen molar-refractivity contribution in [3.63, 3.8) is 0 Å². The minimum atomic E-state index is -0.247. The molecule has 11 heavy (non-hydrogen) atoms. The van der Waals surface area contributed by atoms with E-state index in [9.17, 15) is 5.11 Å². The van der Waals surface area contributed by atoms with E-state index in [2.05, 4.69) is 6.58 Å². The van der Waals surface area contributed by atoms with Gasteiger partial charge in [-0.05, 0) is 18.8 Å². The van der Waals surface area contributed by atoms with E-state index in [1.54, 1.807) is 7.11 Å². The number of methoxy groups -OCH3 is 1. The average Bonchev–Trinajstić information content (AvgIpc) is 2.00. The summed E-state index contributed by atoms with van der Waals surface area (Å²) in [5, 5.41) is 9.35. The summed E-state index contributed by atoms with van der Waals surface area (Å²) in [4.78, 5) is 0. The molecule has 0 aromatic rings. The summed E-state index contributed by atoms with van der Waals surface area (Å²) in [7, 11) is 1.64. The van der Waals surface area contributed by atoms with E-state index in [-0.39, 0.29) is 6.10 Å². The second-order valence-electron chi connectivity index (χ2n) is 2.88. The first kappa shape index (κ1) is 10.7. The summed E-state index contributed by atoms with van der Waals surface area (Å²) in [5.74, 6) is 0.391. The van der Waals surface area contributed by atoms with E-state index in [1.807, 2.05) is 13.0 Å². The van der Waals surface area contributed by atoms with Crippen LogP contribution in [0.3, 0.4) is 0 Å². The Morgan fingerprint density at radius 1 is 1.64 bits per heavy atom. The number of allylic oxidation sites excluding steroid dienone is 1. The third-order valence-corrected chi connectivity index (χ3v) is 1.70. The standard InChI is InChI=1S/C9H18O2/c1-4-8(2)7-9(10)5-6-11-3/h4,8-10H,1,5-7H2,2-3H3/t8-,9-/m0/s1. The van der Waals surface area contributed by atoms with Crippen LogP contribution in [0.5, 0.6) is 0 Å². The monoisotopic (exact) mass is 158 g/mol. The van der Waals surface area contributed by atoms with Gasteiger partial charge in [-0.25, -0.2) is 0 Å². The largest absolute Gasteiger partial charge is 0.393 e. The fraction of sp³-hybridized carbons (Fsp3) is 0.778. The van der Waals surface area contributed by atoms with Gasteiger partial charge in [-0.2, -0.15) is 0 Å². The van der Waals surface area contributed by atoms with Gasteiger partial charge in [0.2, 0.25) is 0 Å². The van der Waals surface area contributed by atoms with Gasteiger partial charge in [0.05, 0.1) is 6.10 Å². The molecule has 0 amide bonds. The molecule has 0 aromatic heterocycles. The zero-order valence-electron chi connectivity index (χ0n) is 7.42. The highest BCUT2D eigenvalue weighted by molar-refractivity contribution is 4.77. The normalized spacial score (nSPS) is 15.9. The lowest BCUT2D eigenvalue weighted by molar-refractivity contribution is 0.0975. The Labute approximate surface area is 68.9 Å². The second kappa shape index (κ2) is 6.38. The third kappa shape index (κ3) is 6.07. The van der Waals surface area contributed by atoms with E-state index >= 15 is 0 Å². The van der Waals surface area contributed by atoms with Gasteiger partial charge in [-0.1, -0.05) is 13.0 Å². The Balaban J connectivity index is 3.34. The quantitative estimate of drug-likeness (QED) is 0.595. The smallest absolute Gasteiger partial charge is 0.0567 e. The Hall–Kier alpha value is -0.340. The van der Waals surface area contributed by atoms with Gasteiger partial charge >= 0.3 is 0 Å². The van der Waals surface area contributed by atoms with Crippen molar-refractivity contribution in [1.29, 1.82) is 0 Å². The lowest BCUT2D eigenvalue weighted by Gasteiger charge is -2.12. The minimum Gasteiger partial charge on any atom is -0.393 e. The molecule has 2 atom stereocenters. The van der Waals surface area contributed by atoms with Crippen molar-refractivity contribution < 1.29 is 9.84 Å². The number of aliphatic hydroxyl groups excluding tert-OH is 1. The molecular formula is C9H18O2. The fourth-order valence-corrected chi connectivity index (χ4v) is 0.897. The first-order valence-electron chi connectivity index (χ1n) is 4.00. The van der Waals surface area contributed by atoms with Crippen molar-refractivity contribution >= 4 is 0 Å². The zero-order chi connectivity index (χ0) is 8.69. The first-order chi connectivity index (χ1) is 5.20. The maximum absolute atomic E-state index is 9.35. The maximum Gasteiger partial charge on any atom is 0.0567 e. The molecule has 0 rings (SSSR count). The molecule has 0 spiro atoms. The summed E-state index contributed by atoms with van der Waals surface area (Å²) in [6, 6.07) is 0. The highest BCUT2D eigenvalue weighted by Crippen LogP contribution is 2.08. The van der Waals surface area contributed by atoms with Crippen molar-refractivity contribution in [3.05, 3.63) is 12.7 Å². The topological polar surface area (TPSA) is 29.5 Å². The molecule has 0 radical (unpaired) electrons. The summed E-state index contributed by atoms with van der Waals surface area (Å²) in [6.07, 6.45) is 3.11. The van der Waals surface area contributed by atoms with Crippen LogP contribution >= 0.6 is 0 Å². The van der Waals surface area contributed by atoms with Gasteiger partial charge in [0.25, 0.3) is 0 Å². The Morgan fingerprint density at radius 2 is 2.27 bits per heavy atom. The van der Waals surface area contributed by atoms with Crippen LogP contribution in [-0.4, -0.2) is 24.9 Å². The van der Waals surface area contributed by atoms with Crippen LogP contribution in [0.4, 0.5) is 0 Å². The van der Waals surface area contributed by atoms with Gasteiger partial charge in [0.1, 0.15) is 0 Å². The molecule has 66 valence electrons. The Bertz CT molecular complexity index is 102. The van der Waals surface area contributed by atoms with Gasteiger partial charge < -0.3 is 9.84 Å². The van der Waals surface area contributed by atoms with E-state index in [1.165, 1.54) is 0 Å². The van der Waals surface area contributed by atoms with E-state index in [0.717, 1.165) is 6.42 Å². The number of aliphatic hydroxyl groups is 1. The summed E-state index contributed by atoms with van der Waals surface area (Å²) < 4.78 is 4.84. The van der Waals surface area contributed by atoms with Gasteiger partial charge in [-0.15, -0.1) is 6.58 Å². The van der Waals surface area contributed by atoms with Crippen LogP contribution in [0.15, 0.2) is 12.7 Å². The van der Waals surface area contributed by atoms with Gasteiger partial charge in [0.15, 0.2) is 0 Å². The molecule has 0 aliphatic rings. The molecule has 2 nitrogen and oxygen atoms in total. The maximum atomic E-state index is 9.35. The van der Waals surface area contributed by atoms with Crippen LogP contribution in [0.1, 0.15) is 19.8 Å². The van der Waals surface area contributed by atoms with Crippen LogP contribution in [0.2, 0.25) is 0 Å². The van der Waals surface area contributed by atoms with E-state index in [0.29, 0.717) is 18.9 Å². The second-order valence-corrected chi connectivity index (χ2v) is 2.88. The molecule has 0 saturated carbocycles. The minimum absolute atomic E-state index is 0.247. The molecule has 0 bridgehead atoms.